The van der Waals surface area contributed by atoms with Crippen LogP contribution < -0.4 is 31.9 Å². The highest BCUT2D eigenvalue weighted by Crippen LogP contribution is 2.34. The van der Waals surface area contributed by atoms with Gasteiger partial charge in [0, 0.05) is 68.9 Å². The summed E-state index contributed by atoms with van der Waals surface area (Å²) >= 11 is 13.3. The maximum Gasteiger partial charge on any atom is 0.232 e. The topological polar surface area (TPSA) is 168 Å². The van der Waals surface area contributed by atoms with Crippen LogP contribution >= 0.6 is 23.2 Å². The van der Waals surface area contributed by atoms with Gasteiger partial charge in [-0.05, 0) is 99.1 Å². The molecule has 2 amide bonds. The number of anilines is 3. The zero-order valence-corrected chi connectivity index (χ0v) is 39.5. The molecule has 3 saturated heterocycles. The summed E-state index contributed by atoms with van der Waals surface area (Å²) in [5, 5.41) is 18.9. The van der Waals surface area contributed by atoms with Crippen molar-refractivity contribution in [3.05, 3.63) is 77.0 Å². The van der Waals surface area contributed by atoms with Gasteiger partial charge in [0.05, 0.1) is 78.7 Å². The molecule has 1 aromatic heterocycles. The molecule has 18 heteroatoms. The van der Waals surface area contributed by atoms with Gasteiger partial charge in [-0.2, -0.15) is 0 Å². The molecular formula is C48H62Cl2F2N8O6. The predicted octanol–water partition coefficient (Wildman–Crippen LogP) is 6.75. The number of benzene rings is 2. The van der Waals surface area contributed by atoms with E-state index in [1.165, 1.54) is 18.3 Å². The number of piperidine rings is 1. The van der Waals surface area contributed by atoms with Crippen molar-refractivity contribution in [1.82, 2.24) is 20.9 Å². The number of hydrogen-bond acceptors (Lipinski definition) is 12. The highest BCUT2D eigenvalue weighted by atomic mass is 35.5. The second-order valence-corrected chi connectivity index (χ2v) is 19.1. The lowest BCUT2D eigenvalue weighted by atomic mass is 9.83. The van der Waals surface area contributed by atoms with Crippen molar-refractivity contribution in [3.63, 3.8) is 0 Å². The summed E-state index contributed by atoms with van der Waals surface area (Å²) < 4.78 is 53.9. The highest BCUT2D eigenvalue weighted by Gasteiger charge is 2.34. The predicted molar refractivity (Wildman–Crippen MR) is 255 cm³/mol. The lowest BCUT2D eigenvalue weighted by molar-refractivity contribution is -0.177. The maximum atomic E-state index is 15.4. The van der Waals surface area contributed by atoms with Crippen molar-refractivity contribution in [2.24, 2.45) is 28.7 Å². The second kappa shape index (κ2) is 23.2. The number of carbonyl (C=O) groups excluding carboxylic acids is 2. The summed E-state index contributed by atoms with van der Waals surface area (Å²) in [6, 6.07) is 11.2. The number of hydrogen-bond donors (Lipinski definition) is 6. The Morgan fingerprint density at radius 3 is 2.59 bits per heavy atom. The minimum atomic E-state index is -0.575. The number of dihydropyridines is 1. The van der Waals surface area contributed by atoms with Crippen LogP contribution in [0.2, 0.25) is 5.02 Å². The van der Waals surface area contributed by atoms with E-state index < -0.39 is 22.6 Å². The normalized spacial score (nSPS) is 24.2. The average Bonchev–Trinajstić information content (AvgIpc) is 3.60. The third-order valence-electron chi connectivity index (χ3n) is 12.2. The van der Waals surface area contributed by atoms with E-state index in [0.29, 0.717) is 123 Å². The second-order valence-electron chi connectivity index (χ2n) is 18.1. The molecule has 0 bridgehead atoms. The van der Waals surface area contributed by atoms with E-state index >= 15 is 4.39 Å². The fourth-order valence-electron chi connectivity index (χ4n) is 8.75. The van der Waals surface area contributed by atoms with E-state index in [-0.39, 0.29) is 54.2 Å². The number of aromatic nitrogens is 1. The first-order chi connectivity index (χ1) is 31.7. The van der Waals surface area contributed by atoms with Crippen LogP contribution in [0.25, 0.3) is 16.7 Å². The van der Waals surface area contributed by atoms with Crippen molar-refractivity contribution < 1.29 is 37.3 Å². The van der Waals surface area contributed by atoms with Gasteiger partial charge >= 0.3 is 0 Å². The SMILES string of the molecule is CCOC(CC(C)CNc1ccc(F)c(C2=CC(NC(=O)[C@@H]3CNCCOC3)=NCC2Cl)c1)C1CNC[C@H](C(=O)Nc2cc(-c3ccc(F)c(NC[C@@H]4COCC(C)(C)O4)c3)c(Cl)cn2)C1. The number of pyridine rings is 1. The Kier molecular flexibility index (Phi) is 17.4. The van der Waals surface area contributed by atoms with Gasteiger partial charge in [0.15, 0.2) is 0 Å². The van der Waals surface area contributed by atoms with E-state index in [4.69, 9.17) is 42.1 Å². The molecule has 3 fully saturated rings. The van der Waals surface area contributed by atoms with Crippen molar-refractivity contribution in [2.75, 3.05) is 94.8 Å². The van der Waals surface area contributed by atoms with Crippen LogP contribution in [-0.2, 0) is 28.5 Å². The summed E-state index contributed by atoms with van der Waals surface area (Å²) in [5.74, 6) is -1.08. The van der Waals surface area contributed by atoms with Crippen LogP contribution in [-0.4, -0.2) is 125 Å². The Balaban J connectivity index is 0.934. The quantitative estimate of drug-likeness (QED) is 0.0841. The van der Waals surface area contributed by atoms with Gasteiger partial charge in [-0.1, -0.05) is 24.6 Å². The number of carbonyl (C=O) groups is 2. The van der Waals surface area contributed by atoms with Gasteiger partial charge in [-0.15, -0.1) is 11.6 Å². The van der Waals surface area contributed by atoms with Crippen LogP contribution in [0.1, 0.15) is 46.1 Å². The van der Waals surface area contributed by atoms with Crippen molar-refractivity contribution >= 4 is 63.6 Å². The van der Waals surface area contributed by atoms with E-state index in [2.05, 4.69) is 48.8 Å². The van der Waals surface area contributed by atoms with Crippen molar-refractivity contribution in [2.45, 2.75) is 63.7 Å². The molecule has 0 aliphatic carbocycles. The zero-order chi connectivity index (χ0) is 46.8. The highest BCUT2D eigenvalue weighted by molar-refractivity contribution is 6.33. The number of aliphatic imine (C=N–C) groups is 1. The Morgan fingerprint density at radius 1 is 0.970 bits per heavy atom. The third kappa shape index (κ3) is 13.5. The lowest BCUT2D eigenvalue weighted by Gasteiger charge is -2.36. The molecule has 7 atom stereocenters. The Bertz CT molecular complexity index is 2230. The fraction of sp³-hybridized carbons (Fsp3) is 0.542. The van der Waals surface area contributed by atoms with Gasteiger partial charge in [0.1, 0.15) is 23.3 Å². The van der Waals surface area contributed by atoms with E-state index in [9.17, 15) is 14.0 Å². The number of alkyl halides is 1. The van der Waals surface area contributed by atoms with Crippen molar-refractivity contribution in [3.8, 4) is 11.1 Å². The molecular weight excluding hydrogens is 893 g/mol. The standard InChI is InChI=1S/C48H62Cl2F2N8O6/c1-5-65-43(12-28(2)18-55-33-7-9-40(51)37(15-33)36-17-45(58-24-39(36)50)60-47(62)32-21-53-10-11-63-25-32)30-13-31(20-54-19-30)46(61)59-44-16-35(38(49)23-57-44)29-6-8-41(52)42(14-29)56-22-34-26-64-27-48(3,4)66-34/h6-9,14-17,23,28,30-32,34,39,43,53-56H,5,10-13,18-22,24-27H2,1-4H3,(H,57,59,61)(H,58,60,62)/t28?,30?,31-,32-,34-,39?,43?/m1/s1. The number of nitrogens with zero attached hydrogens (tertiary/aromatic N) is 2. The number of ether oxygens (including phenoxy) is 4. The maximum absolute atomic E-state index is 15.4. The molecule has 7 rings (SSSR count). The molecule has 14 nitrogen and oxygen atoms in total. The summed E-state index contributed by atoms with van der Waals surface area (Å²) in [4.78, 5) is 35.6. The molecule has 2 aromatic carbocycles. The van der Waals surface area contributed by atoms with Gasteiger partial charge in [0.25, 0.3) is 0 Å². The Hall–Kier alpha value is -4.26. The Morgan fingerprint density at radius 2 is 1.77 bits per heavy atom. The molecule has 358 valence electrons. The molecule has 0 saturated carbocycles. The smallest absolute Gasteiger partial charge is 0.232 e. The van der Waals surface area contributed by atoms with Gasteiger partial charge in [0.2, 0.25) is 11.8 Å². The number of halogens is 4. The number of amidine groups is 1. The molecule has 4 aliphatic rings. The first-order valence-electron chi connectivity index (χ1n) is 22.9. The molecule has 4 aliphatic heterocycles. The number of rotatable bonds is 16. The molecule has 66 heavy (non-hydrogen) atoms. The molecule has 6 N–H and O–H groups in total. The van der Waals surface area contributed by atoms with E-state index in [0.717, 1.165) is 12.1 Å². The fourth-order valence-corrected chi connectivity index (χ4v) is 9.21. The minimum Gasteiger partial charge on any atom is -0.385 e. The van der Waals surface area contributed by atoms with Crippen LogP contribution in [0.5, 0.6) is 0 Å². The van der Waals surface area contributed by atoms with E-state index in [1.807, 2.05) is 20.8 Å². The Labute approximate surface area is 395 Å². The average molecular weight is 956 g/mol. The molecule has 4 unspecified atom stereocenters. The minimum absolute atomic E-state index is 0.0615. The van der Waals surface area contributed by atoms with E-state index in [1.54, 1.807) is 36.4 Å². The molecule has 5 heterocycles. The lowest BCUT2D eigenvalue weighted by Crippen LogP contribution is -2.46. The first-order valence-corrected chi connectivity index (χ1v) is 23.7. The molecule has 0 radical (unpaired) electrons. The summed E-state index contributed by atoms with van der Waals surface area (Å²) in [6.45, 7) is 13.8. The summed E-state index contributed by atoms with van der Waals surface area (Å²) in [7, 11) is 0. The van der Waals surface area contributed by atoms with Gasteiger partial charge in [-0.25, -0.2) is 13.8 Å². The van der Waals surface area contributed by atoms with Crippen LogP contribution in [0, 0.1) is 35.3 Å². The monoisotopic (exact) mass is 954 g/mol. The third-order valence-corrected chi connectivity index (χ3v) is 12.9. The van der Waals surface area contributed by atoms with Crippen molar-refractivity contribution in [1.29, 1.82) is 0 Å². The first kappa shape index (κ1) is 49.6. The number of nitrogens with one attached hydrogen (secondary N) is 6. The summed E-state index contributed by atoms with van der Waals surface area (Å²) in [5.41, 5.74) is 2.71. The summed E-state index contributed by atoms with van der Waals surface area (Å²) in [6.07, 6.45) is 4.09. The molecule has 0 spiro atoms. The zero-order valence-electron chi connectivity index (χ0n) is 38.0. The van der Waals surface area contributed by atoms with Crippen LogP contribution in [0.15, 0.2) is 59.7 Å². The van der Waals surface area contributed by atoms with Gasteiger partial charge < -0.3 is 50.8 Å². The number of amides is 2. The van der Waals surface area contributed by atoms with Crippen LogP contribution in [0.3, 0.4) is 0 Å². The van der Waals surface area contributed by atoms with Gasteiger partial charge in [-0.3, -0.25) is 14.6 Å². The van der Waals surface area contributed by atoms with Crippen LogP contribution in [0.4, 0.5) is 26.0 Å². The largest absolute Gasteiger partial charge is 0.385 e. The molecule has 3 aromatic rings.